The zero-order chi connectivity index (χ0) is 22.2. The Hall–Kier alpha value is -1.43. The van der Waals surface area contributed by atoms with Crippen LogP contribution in [0.5, 0.6) is 0 Å². The minimum atomic E-state index is -4.38. The van der Waals surface area contributed by atoms with Gasteiger partial charge in [0.05, 0.1) is 24.5 Å². The molecule has 0 unspecified atom stereocenters. The van der Waals surface area contributed by atoms with Crippen molar-refractivity contribution in [2.45, 2.75) is 50.0 Å². The van der Waals surface area contributed by atoms with Crippen LogP contribution < -0.4 is 11.1 Å². The van der Waals surface area contributed by atoms with Crippen LogP contribution in [-0.2, 0) is 32.8 Å². The van der Waals surface area contributed by atoms with Gasteiger partial charge in [-0.3, -0.25) is 4.99 Å². The molecule has 0 aromatic carbocycles. The maximum atomic E-state index is 13.3. The highest BCUT2D eigenvalue weighted by Crippen LogP contribution is 2.49. The van der Waals surface area contributed by atoms with Gasteiger partial charge in [0.25, 0.3) is 0 Å². The third-order valence-electron chi connectivity index (χ3n) is 5.37. The quantitative estimate of drug-likeness (QED) is 0.652. The lowest BCUT2D eigenvalue weighted by molar-refractivity contribution is -0.134. The van der Waals surface area contributed by atoms with E-state index in [1.165, 1.54) is 18.5 Å². The van der Waals surface area contributed by atoms with E-state index in [0.29, 0.717) is 37.0 Å². The monoisotopic (exact) mass is 465 g/mol. The van der Waals surface area contributed by atoms with Crippen molar-refractivity contribution in [2.24, 2.45) is 10.7 Å². The van der Waals surface area contributed by atoms with Gasteiger partial charge in [0, 0.05) is 54.0 Å². The van der Waals surface area contributed by atoms with Crippen molar-refractivity contribution in [3.63, 3.8) is 0 Å². The summed E-state index contributed by atoms with van der Waals surface area (Å²) in [6, 6.07) is 0.935. The molecule has 30 heavy (non-hydrogen) atoms. The van der Waals surface area contributed by atoms with E-state index in [-0.39, 0.29) is 24.4 Å². The second-order valence-electron chi connectivity index (χ2n) is 7.90. The molecule has 1 fully saturated rings. The van der Waals surface area contributed by atoms with Gasteiger partial charge in [-0.15, -0.1) is 11.3 Å². The molecule has 2 aliphatic heterocycles. The summed E-state index contributed by atoms with van der Waals surface area (Å²) in [6.45, 7) is 2.44. The van der Waals surface area contributed by atoms with Crippen LogP contribution in [0.15, 0.2) is 22.8 Å². The van der Waals surface area contributed by atoms with Crippen LogP contribution in [0.1, 0.15) is 35.1 Å². The van der Waals surface area contributed by atoms with Crippen molar-refractivity contribution < 1.29 is 26.3 Å². The molecule has 0 radical (unpaired) electrons. The Balaban J connectivity index is 1.85. The highest BCUT2D eigenvalue weighted by atomic mass is 32.2. The summed E-state index contributed by atoms with van der Waals surface area (Å²) in [5.74, 6) is -0.0681. The van der Waals surface area contributed by atoms with Crippen molar-refractivity contribution in [3.05, 3.63) is 33.2 Å². The number of nitrogens with zero attached hydrogens (tertiary/aromatic N) is 1. The van der Waals surface area contributed by atoms with Gasteiger partial charge in [0.15, 0.2) is 0 Å². The summed E-state index contributed by atoms with van der Waals surface area (Å²) < 4.78 is 68.5. The molecular weight excluding hydrogens is 439 g/mol. The van der Waals surface area contributed by atoms with Gasteiger partial charge in [-0.05, 0) is 25.0 Å². The minimum Gasteiger partial charge on any atom is -0.404 e. The van der Waals surface area contributed by atoms with Gasteiger partial charge in [-0.1, -0.05) is 0 Å². The Labute approximate surface area is 178 Å². The van der Waals surface area contributed by atoms with E-state index in [9.17, 15) is 21.6 Å². The lowest BCUT2D eigenvalue weighted by Crippen LogP contribution is -2.54. The first kappa shape index (κ1) is 23.2. The van der Waals surface area contributed by atoms with E-state index in [0.717, 1.165) is 22.5 Å². The number of nitrogens with two attached hydrogens (primary N) is 1. The van der Waals surface area contributed by atoms with Crippen LogP contribution in [-0.4, -0.2) is 51.9 Å². The second-order valence-corrected chi connectivity index (χ2v) is 11.3. The molecule has 3 heterocycles. The highest BCUT2D eigenvalue weighted by Gasteiger charge is 2.47. The van der Waals surface area contributed by atoms with Gasteiger partial charge in [0.2, 0.25) is 0 Å². The number of thiophene rings is 1. The number of halogens is 3. The average molecular weight is 466 g/mol. The summed E-state index contributed by atoms with van der Waals surface area (Å²) >= 11 is 0.798. The first-order valence-corrected chi connectivity index (χ1v) is 12.5. The fourth-order valence-electron chi connectivity index (χ4n) is 4.12. The molecule has 6 nitrogen and oxygen atoms in total. The average Bonchev–Trinajstić information content (AvgIpc) is 3.07. The Morgan fingerprint density at radius 3 is 2.83 bits per heavy atom. The van der Waals surface area contributed by atoms with E-state index < -0.39 is 26.5 Å². The van der Waals surface area contributed by atoms with E-state index in [1.54, 1.807) is 0 Å². The number of rotatable bonds is 5. The predicted octanol–water partition coefficient (Wildman–Crippen LogP) is 2.63. The molecule has 1 saturated heterocycles. The van der Waals surface area contributed by atoms with Crippen molar-refractivity contribution in [1.29, 1.82) is 0 Å². The fraction of sp³-hybridized carbons (Fsp3) is 0.632. The van der Waals surface area contributed by atoms with Gasteiger partial charge in [-0.2, -0.15) is 13.2 Å². The zero-order valence-corrected chi connectivity index (χ0v) is 18.5. The highest BCUT2D eigenvalue weighted by molar-refractivity contribution is 7.90. The number of alkyl halides is 3. The molecule has 3 N–H and O–H groups in total. The standard InChI is InChI=1S/C19H26F3N3O3S2/c1-12-8-18(14-7-17(19(20,21)22)29-16(14)3-5-28-18)9-15(25-12)13(10-23)11-24-4-6-30(2,26)27/h7,10-12,15,25H,3-6,8-9,23H2,1-2H3/b13-10+,24-11?/t12-,15-,18-/m0/s1. The first-order valence-electron chi connectivity index (χ1n) is 9.63. The van der Waals surface area contributed by atoms with E-state index in [1.807, 2.05) is 6.92 Å². The normalized spacial score (nSPS) is 28.2. The summed E-state index contributed by atoms with van der Waals surface area (Å²) in [7, 11) is -3.12. The van der Waals surface area contributed by atoms with Crippen LogP contribution in [0.4, 0.5) is 13.2 Å². The fourth-order valence-corrected chi connectivity index (χ4v) is 5.65. The number of fused-ring (bicyclic) bond motifs is 2. The molecule has 168 valence electrons. The SMILES string of the molecule is C[C@H]1C[C@@]2(C[C@@H](/C(C=NCCS(C)(=O)=O)=C/N)N1)OCCc1sc(C(F)(F)F)cc12. The van der Waals surface area contributed by atoms with Gasteiger partial charge in [0.1, 0.15) is 14.7 Å². The minimum absolute atomic E-state index is 0.0247. The lowest BCUT2D eigenvalue weighted by Gasteiger charge is -2.46. The van der Waals surface area contributed by atoms with Crippen LogP contribution in [0.2, 0.25) is 0 Å². The van der Waals surface area contributed by atoms with Crippen molar-refractivity contribution in [2.75, 3.05) is 25.2 Å². The molecule has 3 rings (SSSR count). The largest absolute Gasteiger partial charge is 0.425 e. The van der Waals surface area contributed by atoms with E-state index >= 15 is 0 Å². The Morgan fingerprint density at radius 1 is 1.47 bits per heavy atom. The summed E-state index contributed by atoms with van der Waals surface area (Å²) in [4.78, 5) is 4.29. The number of sulfone groups is 1. The summed E-state index contributed by atoms with van der Waals surface area (Å²) in [6.07, 6.45) is 1.13. The molecule has 1 spiro atoms. The topological polar surface area (TPSA) is 93.8 Å². The van der Waals surface area contributed by atoms with Gasteiger partial charge in [-0.25, -0.2) is 8.42 Å². The van der Waals surface area contributed by atoms with Gasteiger partial charge < -0.3 is 15.8 Å². The molecule has 0 bridgehead atoms. The predicted molar refractivity (Wildman–Crippen MR) is 112 cm³/mol. The maximum Gasteiger partial charge on any atom is 0.425 e. The second kappa shape index (κ2) is 8.60. The van der Waals surface area contributed by atoms with Gasteiger partial charge >= 0.3 is 6.18 Å². The molecule has 0 aliphatic carbocycles. The van der Waals surface area contributed by atoms with E-state index in [4.69, 9.17) is 10.5 Å². The van der Waals surface area contributed by atoms with Crippen molar-refractivity contribution >= 4 is 27.4 Å². The Kier molecular flexibility index (Phi) is 6.66. The molecule has 0 saturated carbocycles. The molecule has 1 aromatic rings. The Morgan fingerprint density at radius 2 is 2.20 bits per heavy atom. The number of ether oxygens (including phenoxy) is 1. The van der Waals surface area contributed by atoms with Crippen LogP contribution >= 0.6 is 11.3 Å². The Bertz CT molecular complexity index is 941. The van der Waals surface area contributed by atoms with Crippen molar-refractivity contribution in [3.8, 4) is 0 Å². The van der Waals surface area contributed by atoms with Crippen LogP contribution in [0, 0.1) is 0 Å². The number of hydrogen-bond donors (Lipinski definition) is 2. The third kappa shape index (κ3) is 5.24. The zero-order valence-electron chi connectivity index (χ0n) is 16.8. The summed E-state index contributed by atoms with van der Waals surface area (Å²) in [5.41, 5.74) is 6.24. The summed E-state index contributed by atoms with van der Waals surface area (Å²) in [5, 5.41) is 3.41. The molecular formula is C19H26F3N3O3S2. The number of aliphatic imine (C=N–C) groups is 1. The maximum absolute atomic E-state index is 13.3. The van der Waals surface area contributed by atoms with Crippen molar-refractivity contribution in [1.82, 2.24) is 5.32 Å². The number of hydrogen-bond acceptors (Lipinski definition) is 7. The number of piperidine rings is 1. The molecule has 11 heteroatoms. The third-order valence-corrected chi connectivity index (χ3v) is 7.53. The smallest absolute Gasteiger partial charge is 0.404 e. The molecule has 2 aliphatic rings. The van der Waals surface area contributed by atoms with E-state index in [2.05, 4.69) is 10.3 Å². The molecule has 1 aromatic heterocycles. The number of nitrogens with one attached hydrogen (secondary N) is 1. The molecule has 0 amide bonds. The lowest BCUT2D eigenvalue weighted by atomic mass is 9.76. The van der Waals surface area contributed by atoms with Crippen LogP contribution in [0.3, 0.4) is 0 Å². The first-order chi connectivity index (χ1) is 13.9. The molecule has 3 atom stereocenters. The van der Waals surface area contributed by atoms with Crippen LogP contribution in [0.25, 0.3) is 0 Å².